The maximum atomic E-state index is 11.9. The van der Waals surface area contributed by atoms with E-state index in [0.717, 1.165) is 16.9 Å². The van der Waals surface area contributed by atoms with Crippen molar-refractivity contribution in [3.63, 3.8) is 0 Å². The van der Waals surface area contributed by atoms with Gasteiger partial charge in [-0.25, -0.2) is 4.79 Å². The van der Waals surface area contributed by atoms with Crippen molar-refractivity contribution in [2.24, 2.45) is 5.73 Å². The van der Waals surface area contributed by atoms with Crippen molar-refractivity contribution in [3.8, 4) is 5.75 Å². The normalized spacial score (nSPS) is 12.0. The van der Waals surface area contributed by atoms with Gasteiger partial charge in [0.1, 0.15) is 5.75 Å². The predicted molar refractivity (Wildman–Crippen MR) is 96.6 cm³/mol. The molecule has 2 aromatic rings. The zero-order chi connectivity index (χ0) is 18.2. The minimum absolute atomic E-state index is 0.131. The molecule has 0 aliphatic carbocycles. The Labute approximate surface area is 148 Å². The van der Waals surface area contributed by atoms with E-state index in [1.165, 1.54) is 0 Å². The summed E-state index contributed by atoms with van der Waals surface area (Å²) >= 11 is 0. The molecule has 0 aliphatic heterocycles. The number of carbonyl (C=O) groups is 1. The highest BCUT2D eigenvalue weighted by Gasteiger charge is 2.11. The maximum Gasteiger partial charge on any atom is 0.338 e. The lowest BCUT2D eigenvalue weighted by atomic mass is 9.99. The summed E-state index contributed by atoms with van der Waals surface area (Å²) in [6, 6.07) is 14.8. The standard InChI is InChI=1S/C20H25NO4/c1-14(2)25-20(22)16-9-7-15(8-10-16)11-19(21)17-5-4-6-18(12-17)24-13-23-3/h4-10,12,14,19H,11,13,21H2,1-3H3. The topological polar surface area (TPSA) is 70.8 Å². The number of benzene rings is 2. The van der Waals surface area contributed by atoms with Crippen molar-refractivity contribution in [2.75, 3.05) is 13.9 Å². The van der Waals surface area contributed by atoms with Crippen molar-refractivity contribution in [2.45, 2.75) is 32.4 Å². The smallest absolute Gasteiger partial charge is 0.338 e. The van der Waals surface area contributed by atoms with E-state index in [-0.39, 0.29) is 24.9 Å². The summed E-state index contributed by atoms with van der Waals surface area (Å²) in [6.07, 6.45) is 0.529. The number of ether oxygens (including phenoxy) is 3. The molecule has 0 saturated carbocycles. The molecule has 2 rings (SSSR count). The molecule has 2 N–H and O–H groups in total. The SMILES string of the molecule is COCOc1cccc(C(N)Cc2ccc(C(=O)OC(C)C)cc2)c1. The van der Waals surface area contributed by atoms with Gasteiger partial charge >= 0.3 is 5.97 Å². The first kappa shape index (κ1) is 19.0. The lowest BCUT2D eigenvalue weighted by Crippen LogP contribution is -2.14. The second kappa shape index (κ2) is 9.20. The van der Waals surface area contributed by atoms with Gasteiger partial charge in [0.15, 0.2) is 6.79 Å². The van der Waals surface area contributed by atoms with Crippen LogP contribution in [0.5, 0.6) is 5.75 Å². The molecule has 0 spiro atoms. The van der Waals surface area contributed by atoms with Crippen LogP contribution in [-0.4, -0.2) is 26.0 Å². The van der Waals surface area contributed by atoms with Crippen molar-refractivity contribution < 1.29 is 19.0 Å². The van der Waals surface area contributed by atoms with Crippen molar-refractivity contribution in [1.29, 1.82) is 0 Å². The van der Waals surface area contributed by atoms with E-state index in [4.69, 9.17) is 19.9 Å². The van der Waals surface area contributed by atoms with Gasteiger partial charge < -0.3 is 19.9 Å². The zero-order valence-corrected chi connectivity index (χ0v) is 14.9. The van der Waals surface area contributed by atoms with Crippen LogP contribution in [0, 0.1) is 0 Å². The summed E-state index contributed by atoms with van der Waals surface area (Å²) in [5, 5.41) is 0. The van der Waals surface area contributed by atoms with Crippen LogP contribution in [0.3, 0.4) is 0 Å². The molecule has 1 atom stereocenters. The molecule has 5 nitrogen and oxygen atoms in total. The van der Waals surface area contributed by atoms with E-state index >= 15 is 0 Å². The average Bonchev–Trinajstić information content (AvgIpc) is 2.60. The second-order valence-electron chi connectivity index (χ2n) is 6.08. The molecule has 0 heterocycles. The van der Waals surface area contributed by atoms with Crippen molar-refractivity contribution in [3.05, 3.63) is 65.2 Å². The molecule has 1 unspecified atom stereocenters. The van der Waals surface area contributed by atoms with E-state index in [1.807, 2.05) is 50.2 Å². The number of methoxy groups -OCH3 is 1. The van der Waals surface area contributed by atoms with E-state index in [2.05, 4.69) is 0 Å². The molecular weight excluding hydrogens is 318 g/mol. The largest absolute Gasteiger partial charge is 0.468 e. The first-order valence-corrected chi connectivity index (χ1v) is 8.26. The summed E-state index contributed by atoms with van der Waals surface area (Å²) in [4.78, 5) is 11.9. The van der Waals surface area contributed by atoms with Crippen LogP contribution in [0.4, 0.5) is 0 Å². The van der Waals surface area contributed by atoms with Crippen LogP contribution in [0.25, 0.3) is 0 Å². The Morgan fingerprint density at radius 2 is 1.84 bits per heavy atom. The van der Waals surface area contributed by atoms with Crippen LogP contribution < -0.4 is 10.5 Å². The quantitative estimate of drug-likeness (QED) is 0.587. The molecule has 0 aliphatic rings. The highest BCUT2D eigenvalue weighted by atomic mass is 16.7. The van der Waals surface area contributed by atoms with Crippen LogP contribution in [0.15, 0.2) is 48.5 Å². The van der Waals surface area contributed by atoms with Gasteiger partial charge in [-0.2, -0.15) is 0 Å². The molecule has 0 saturated heterocycles. The molecule has 25 heavy (non-hydrogen) atoms. The second-order valence-corrected chi connectivity index (χ2v) is 6.08. The third-order valence-corrected chi connectivity index (χ3v) is 3.62. The van der Waals surface area contributed by atoms with Crippen molar-refractivity contribution in [1.82, 2.24) is 0 Å². The van der Waals surface area contributed by atoms with Crippen LogP contribution in [0.1, 0.15) is 41.4 Å². The van der Waals surface area contributed by atoms with Gasteiger partial charge in [0.2, 0.25) is 0 Å². The summed E-state index contributed by atoms with van der Waals surface area (Å²) < 4.78 is 15.5. The van der Waals surface area contributed by atoms with E-state index < -0.39 is 0 Å². The maximum absolute atomic E-state index is 11.9. The molecule has 134 valence electrons. The Hall–Kier alpha value is -2.37. The van der Waals surface area contributed by atoms with Crippen molar-refractivity contribution >= 4 is 5.97 Å². The predicted octanol–water partition coefficient (Wildman–Crippen LogP) is 3.48. The Balaban J connectivity index is 2.00. The minimum atomic E-state index is -0.311. The van der Waals surface area contributed by atoms with Gasteiger partial charge in [-0.3, -0.25) is 0 Å². The third kappa shape index (κ3) is 5.89. The molecule has 0 fully saturated rings. The lowest BCUT2D eigenvalue weighted by Gasteiger charge is -2.14. The highest BCUT2D eigenvalue weighted by Crippen LogP contribution is 2.21. The zero-order valence-electron chi connectivity index (χ0n) is 14.9. The first-order chi connectivity index (χ1) is 12.0. The molecular formula is C20H25NO4. The van der Waals surface area contributed by atoms with Crippen LogP contribution >= 0.6 is 0 Å². The van der Waals surface area contributed by atoms with Gasteiger partial charge in [0, 0.05) is 13.2 Å². The van der Waals surface area contributed by atoms with Crippen LogP contribution in [-0.2, 0) is 15.9 Å². The van der Waals surface area contributed by atoms with Gasteiger partial charge in [-0.15, -0.1) is 0 Å². The Bertz CT molecular complexity index is 682. The van der Waals surface area contributed by atoms with Gasteiger partial charge in [-0.1, -0.05) is 24.3 Å². The number of carbonyl (C=O) groups excluding carboxylic acids is 1. The molecule has 0 aromatic heterocycles. The fraction of sp³-hybridized carbons (Fsp3) is 0.350. The first-order valence-electron chi connectivity index (χ1n) is 8.26. The van der Waals surface area contributed by atoms with Gasteiger partial charge in [-0.05, 0) is 55.7 Å². The summed E-state index contributed by atoms with van der Waals surface area (Å²) in [5.41, 5.74) is 8.89. The molecule has 0 bridgehead atoms. The van der Waals surface area contributed by atoms with Gasteiger partial charge in [0.25, 0.3) is 0 Å². The molecule has 0 radical (unpaired) electrons. The number of hydrogen-bond acceptors (Lipinski definition) is 5. The van der Waals surface area contributed by atoms with Crippen LogP contribution in [0.2, 0.25) is 0 Å². The number of hydrogen-bond donors (Lipinski definition) is 1. The van der Waals surface area contributed by atoms with E-state index in [9.17, 15) is 4.79 Å². The molecule has 0 amide bonds. The summed E-state index contributed by atoms with van der Waals surface area (Å²) in [5.74, 6) is 0.412. The third-order valence-electron chi connectivity index (χ3n) is 3.62. The fourth-order valence-electron chi connectivity index (χ4n) is 2.39. The monoisotopic (exact) mass is 343 g/mol. The number of rotatable bonds is 8. The Morgan fingerprint density at radius 1 is 1.12 bits per heavy atom. The highest BCUT2D eigenvalue weighted by molar-refractivity contribution is 5.89. The van der Waals surface area contributed by atoms with E-state index in [1.54, 1.807) is 19.2 Å². The molecule has 5 heteroatoms. The summed E-state index contributed by atoms with van der Waals surface area (Å²) in [7, 11) is 1.58. The Kier molecular flexibility index (Phi) is 6.98. The average molecular weight is 343 g/mol. The molecule has 2 aromatic carbocycles. The number of esters is 1. The number of nitrogens with two attached hydrogens (primary N) is 1. The Morgan fingerprint density at radius 3 is 2.48 bits per heavy atom. The van der Waals surface area contributed by atoms with E-state index in [0.29, 0.717) is 12.0 Å². The van der Waals surface area contributed by atoms with Gasteiger partial charge in [0.05, 0.1) is 11.7 Å². The lowest BCUT2D eigenvalue weighted by molar-refractivity contribution is 0.0378. The summed E-state index contributed by atoms with van der Waals surface area (Å²) in [6.45, 7) is 3.86. The fourth-order valence-corrected chi connectivity index (χ4v) is 2.39. The minimum Gasteiger partial charge on any atom is -0.468 e.